The van der Waals surface area contributed by atoms with Crippen LogP contribution >= 0.6 is 0 Å². The Kier molecular flexibility index (Phi) is 4.34. The zero-order valence-corrected chi connectivity index (χ0v) is 14.5. The van der Waals surface area contributed by atoms with E-state index in [0.717, 1.165) is 31.1 Å². The highest BCUT2D eigenvalue weighted by Crippen LogP contribution is 2.30. The first-order chi connectivity index (χ1) is 12.2. The standard InChI is InChI=1S/C19H23N3O3/c1-14-16(7-12-24-14)19(23)22-11-6-15(13-22)25-17-5-4-8-20-18(17)21-9-2-3-10-21/h4-5,7-8,12,15H,2-3,6,9-11,13H2,1H3/t15-/m1/s1. The van der Waals surface area contributed by atoms with Crippen LogP contribution in [0.25, 0.3) is 0 Å². The number of pyridine rings is 1. The molecular formula is C19H23N3O3. The molecule has 0 spiro atoms. The van der Waals surface area contributed by atoms with Crippen LogP contribution in [-0.2, 0) is 0 Å². The second kappa shape index (κ2) is 6.78. The zero-order chi connectivity index (χ0) is 17.2. The molecule has 2 aliphatic rings. The lowest BCUT2D eigenvalue weighted by Gasteiger charge is -2.22. The molecule has 0 bridgehead atoms. The Morgan fingerprint density at radius 1 is 1.28 bits per heavy atom. The number of anilines is 1. The van der Waals surface area contributed by atoms with Gasteiger partial charge in [0.2, 0.25) is 0 Å². The third-order valence-corrected chi connectivity index (χ3v) is 4.97. The molecule has 2 aliphatic heterocycles. The second-order valence-electron chi connectivity index (χ2n) is 6.69. The molecule has 25 heavy (non-hydrogen) atoms. The van der Waals surface area contributed by atoms with Crippen LogP contribution in [0.1, 0.15) is 35.4 Å². The number of likely N-dealkylation sites (tertiary alicyclic amines) is 1. The monoisotopic (exact) mass is 341 g/mol. The number of aromatic nitrogens is 1. The van der Waals surface area contributed by atoms with Gasteiger partial charge in [-0.05, 0) is 38.0 Å². The molecule has 2 fully saturated rings. The molecule has 0 unspecified atom stereocenters. The van der Waals surface area contributed by atoms with Crippen molar-refractivity contribution < 1.29 is 13.9 Å². The summed E-state index contributed by atoms with van der Waals surface area (Å²) in [7, 11) is 0. The first-order valence-corrected chi connectivity index (χ1v) is 8.92. The van der Waals surface area contributed by atoms with Crippen molar-refractivity contribution in [1.82, 2.24) is 9.88 Å². The van der Waals surface area contributed by atoms with E-state index in [2.05, 4.69) is 9.88 Å². The average Bonchev–Trinajstić information content (AvgIpc) is 3.36. The molecule has 0 saturated carbocycles. The predicted octanol–water partition coefficient (Wildman–Crippen LogP) is 2.88. The van der Waals surface area contributed by atoms with Crippen LogP contribution < -0.4 is 9.64 Å². The largest absolute Gasteiger partial charge is 0.485 e. The van der Waals surface area contributed by atoms with Gasteiger partial charge in [-0.25, -0.2) is 4.98 Å². The highest BCUT2D eigenvalue weighted by molar-refractivity contribution is 5.95. The normalized spacial score (nSPS) is 20.3. The van der Waals surface area contributed by atoms with Crippen LogP contribution in [0.3, 0.4) is 0 Å². The molecule has 2 aromatic heterocycles. The van der Waals surface area contributed by atoms with E-state index in [-0.39, 0.29) is 12.0 Å². The molecule has 0 radical (unpaired) electrons. The number of ether oxygens (including phenoxy) is 1. The maximum absolute atomic E-state index is 12.6. The van der Waals surface area contributed by atoms with Crippen molar-refractivity contribution in [2.45, 2.75) is 32.3 Å². The fraction of sp³-hybridized carbons (Fsp3) is 0.474. The number of nitrogens with zero attached hydrogens (tertiary/aromatic N) is 3. The number of amides is 1. The summed E-state index contributed by atoms with van der Waals surface area (Å²) in [4.78, 5) is 21.2. The minimum Gasteiger partial charge on any atom is -0.485 e. The lowest BCUT2D eigenvalue weighted by Crippen LogP contribution is -2.31. The van der Waals surface area contributed by atoms with Crippen molar-refractivity contribution in [1.29, 1.82) is 0 Å². The molecule has 1 atom stereocenters. The van der Waals surface area contributed by atoms with Crippen LogP contribution in [0.4, 0.5) is 5.82 Å². The smallest absolute Gasteiger partial charge is 0.257 e. The molecule has 4 heterocycles. The fourth-order valence-electron chi connectivity index (χ4n) is 3.61. The topological polar surface area (TPSA) is 58.8 Å². The summed E-state index contributed by atoms with van der Waals surface area (Å²) in [6.45, 7) is 5.17. The van der Waals surface area contributed by atoms with Gasteiger partial charge in [0.25, 0.3) is 5.91 Å². The number of rotatable bonds is 4. The molecule has 2 aromatic rings. The lowest BCUT2D eigenvalue weighted by molar-refractivity contribution is 0.0770. The van der Waals surface area contributed by atoms with Crippen LogP contribution in [0, 0.1) is 6.92 Å². The van der Waals surface area contributed by atoms with E-state index in [1.165, 1.54) is 12.8 Å². The van der Waals surface area contributed by atoms with Crippen LogP contribution in [0.2, 0.25) is 0 Å². The summed E-state index contributed by atoms with van der Waals surface area (Å²) in [6.07, 6.45) is 6.60. The van der Waals surface area contributed by atoms with E-state index in [9.17, 15) is 4.79 Å². The third kappa shape index (κ3) is 3.21. The van der Waals surface area contributed by atoms with Crippen molar-refractivity contribution in [2.75, 3.05) is 31.1 Å². The van der Waals surface area contributed by atoms with Gasteiger partial charge < -0.3 is 19.0 Å². The van der Waals surface area contributed by atoms with Crippen LogP contribution in [0.15, 0.2) is 35.1 Å². The fourth-order valence-corrected chi connectivity index (χ4v) is 3.61. The Labute approximate surface area is 147 Å². The summed E-state index contributed by atoms with van der Waals surface area (Å²) in [5.74, 6) is 2.43. The first kappa shape index (κ1) is 16.0. The Morgan fingerprint density at radius 2 is 2.12 bits per heavy atom. The van der Waals surface area contributed by atoms with E-state index < -0.39 is 0 Å². The quantitative estimate of drug-likeness (QED) is 0.856. The van der Waals surface area contributed by atoms with Gasteiger partial charge in [0.15, 0.2) is 11.6 Å². The number of aryl methyl sites for hydroxylation is 1. The Hall–Kier alpha value is -2.50. The third-order valence-electron chi connectivity index (χ3n) is 4.97. The summed E-state index contributed by atoms with van der Waals surface area (Å²) >= 11 is 0. The number of furan rings is 1. The molecule has 4 rings (SSSR count). The van der Waals surface area contributed by atoms with Gasteiger partial charge in [-0.1, -0.05) is 0 Å². The molecular weight excluding hydrogens is 318 g/mol. The molecule has 1 amide bonds. The molecule has 0 aromatic carbocycles. The van der Waals surface area contributed by atoms with E-state index in [1.54, 1.807) is 12.3 Å². The van der Waals surface area contributed by atoms with Crippen molar-refractivity contribution in [3.63, 3.8) is 0 Å². The van der Waals surface area contributed by atoms with Crippen molar-refractivity contribution in [3.05, 3.63) is 42.0 Å². The molecule has 6 heteroatoms. The number of hydrogen-bond acceptors (Lipinski definition) is 5. The van der Waals surface area contributed by atoms with Gasteiger partial charge in [0, 0.05) is 32.3 Å². The van der Waals surface area contributed by atoms with E-state index in [0.29, 0.717) is 24.4 Å². The second-order valence-corrected chi connectivity index (χ2v) is 6.69. The van der Waals surface area contributed by atoms with Gasteiger partial charge >= 0.3 is 0 Å². The summed E-state index contributed by atoms with van der Waals surface area (Å²) in [6, 6.07) is 5.62. The van der Waals surface area contributed by atoms with Crippen LogP contribution in [-0.4, -0.2) is 48.1 Å². The van der Waals surface area contributed by atoms with E-state index >= 15 is 0 Å². The highest BCUT2D eigenvalue weighted by atomic mass is 16.5. The zero-order valence-electron chi connectivity index (χ0n) is 14.5. The van der Waals surface area contributed by atoms with E-state index in [1.807, 2.05) is 30.2 Å². The van der Waals surface area contributed by atoms with Gasteiger partial charge in [-0.2, -0.15) is 0 Å². The summed E-state index contributed by atoms with van der Waals surface area (Å²) in [5, 5.41) is 0. The Balaban J connectivity index is 1.43. The molecule has 2 saturated heterocycles. The SMILES string of the molecule is Cc1occc1C(=O)N1CC[C@@H](Oc2cccnc2N2CCCC2)C1. The minimum absolute atomic E-state index is 0.00158. The van der Waals surface area contributed by atoms with Crippen molar-refractivity contribution >= 4 is 11.7 Å². The maximum atomic E-state index is 12.6. The number of hydrogen-bond donors (Lipinski definition) is 0. The molecule has 6 nitrogen and oxygen atoms in total. The Bertz CT molecular complexity index is 752. The minimum atomic E-state index is 0.00158. The van der Waals surface area contributed by atoms with Crippen LogP contribution in [0.5, 0.6) is 5.75 Å². The van der Waals surface area contributed by atoms with E-state index in [4.69, 9.17) is 9.15 Å². The summed E-state index contributed by atoms with van der Waals surface area (Å²) in [5.41, 5.74) is 0.639. The predicted molar refractivity (Wildman–Crippen MR) is 94.1 cm³/mol. The molecule has 0 aliphatic carbocycles. The molecule has 0 N–H and O–H groups in total. The highest BCUT2D eigenvalue weighted by Gasteiger charge is 2.30. The first-order valence-electron chi connectivity index (χ1n) is 8.92. The van der Waals surface area contributed by atoms with Gasteiger partial charge in [-0.15, -0.1) is 0 Å². The number of carbonyl (C=O) groups is 1. The van der Waals surface area contributed by atoms with Gasteiger partial charge in [0.05, 0.1) is 18.4 Å². The maximum Gasteiger partial charge on any atom is 0.257 e. The Morgan fingerprint density at radius 3 is 2.88 bits per heavy atom. The van der Waals surface area contributed by atoms with Crippen molar-refractivity contribution in [2.24, 2.45) is 0 Å². The van der Waals surface area contributed by atoms with Crippen molar-refractivity contribution in [3.8, 4) is 5.75 Å². The average molecular weight is 341 g/mol. The number of carbonyl (C=O) groups excluding carboxylic acids is 1. The van der Waals surface area contributed by atoms with Gasteiger partial charge in [-0.3, -0.25) is 4.79 Å². The molecule has 132 valence electrons. The van der Waals surface area contributed by atoms with Gasteiger partial charge in [0.1, 0.15) is 11.9 Å². The summed E-state index contributed by atoms with van der Waals surface area (Å²) < 4.78 is 11.5. The lowest BCUT2D eigenvalue weighted by atomic mass is 10.2.